The Morgan fingerprint density at radius 2 is 2.00 bits per heavy atom. The molecule has 2 aromatic carbocycles. The summed E-state index contributed by atoms with van der Waals surface area (Å²) in [4.78, 5) is 13.3. The Hall–Kier alpha value is -3.18. The first-order valence-corrected chi connectivity index (χ1v) is 11.6. The zero-order chi connectivity index (χ0) is 22.1. The molecule has 0 aliphatic carbocycles. The summed E-state index contributed by atoms with van der Waals surface area (Å²) in [7, 11) is 0. The Morgan fingerprint density at radius 1 is 1.23 bits per heavy atom. The summed E-state index contributed by atoms with van der Waals surface area (Å²) in [6.07, 6.45) is 3.59. The average molecular weight is 458 g/mol. The van der Waals surface area contributed by atoms with Crippen molar-refractivity contribution in [3.8, 4) is 5.75 Å². The van der Waals surface area contributed by atoms with Crippen LogP contribution in [0.3, 0.4) is 0 Å². The van der Waals surface area contributed by atoms with E-state index in [-0.39, 0.29) is 17.6 Å². The van der Waals surface area contributed by atoms with E-state index in [2.05, 4.69) is 26.0 Å². The molecule has 3 rings (SSSR count). The number of amides is 1. The molecule has 0 spiro atoms. The van der Waals surface area contributed by atoms with Crippen molar-refractivity contribution in [2.45, 2.75) is 17.0 Å². The molecule has 3 aromatic rings. The van der Waals surface area contributed by atoms with E-state index in [1.54, 1.807) is 18.0 Å². The van der Waals surface area contributed by atoms with Gasteiger partial charge in [0.2, 0.25) is 11.1 Å². The number of hydrazone groups is 1. The van der Waals surface area contributed by atoms with Gasteiger partial charge in [-0.05, 0) is 55.1 Å². The lowest BCUT2D eigenvalue weighted by atomic mass is 10.2. The summed E-state index contributed by atoms with van der Waals surface area (Å²) >= 11 is 2.75. The quantitative estimate of drug-likeness (QED) is 0.184. The Labute approximate surface area is 188 Å². The summed E-state index contributed by atoms with van der Waals surface area (Å²) < 4.78 is 6.66. The van der Waals surface area contributed by atoms with Crippen LogP contribution in [0.15, 0.2) is 63.7 Å². The van der Waals surface area contributed by atoms with E-state index in [4.69, 9.17) is 10.6 Å². The van der Waals surface area contributed by atoms with Crippen LogP contribution in [0.4, 0.5) is 11.6 Å². The number of carbonyl (C=O) groups excluding carboxylic acids is 1. The van der Waals surface area contributed by atoms with Gasteiger partial charge in [0, 0.05) is 4.90 Å². The van der Waals surface area contributed by atoms with Crippen molar-refractivity contribution in [1.29, 1.82) is 0 Å². The molecule has 1 heterocycles. The van der Waals surface area contributed by atoms with E-state index >= 15 is 0 Å². The van der Waals surface area contributed by atoms with E-state index in [0.717, 1.165) is 21.9 Å². The molecule has 4 N–H and O–H groups in total. The van der Waals surface area contributed by atoms with E-state index in [9.17, 15) is 4.79 Å². The minimum Gasteiger partial charge on any atom is -0.494 e. The second kappa shape index (κ2) is 11.3. The molecule has 0 aliphatic heterocycles. The molecule has 0 fully saturated rings. The number of nitrogen functional groups attached to an aromatic ring is 1. The molecule has 162 valence electrons. The van der Waals surface area contributed by atoms with Crippen LogP contribution in [-0.4, -0.2) is 45.6 Å². The Kier molecular flexibility index (Phi) is 8.19. The summed E-state index contributed by atoms with van der Waals surface area (Å²) in [5.74, 6) is 7.06. The second-order valence-electron chi connectivity index (χ2n) is 6.09. The van der Waals surface area contributed by atoms with Crippen molar-refractivity contribution in [1.82, 2.24) is 14.9 Å². The van der Waals surface area contributed by atoms with Crippen LogP contribution in [-0.2, 0) is 4.79 Å². The van der Waals surface area contributed by atoms with Crippen molar-refractivity contribution < 1.29 is 9.53 Å². The Morgan fingerprint density at radius 3 is 2.74 bits per heavy atom. The molecule has 0 unspecified atom stereocenters. The Bertz CT molecular complexity index is 1040. The molecule has 9 nitrogen and oxygen atoms in total. The van der Waals surface area contributed by atoms with Crippen molar-refractivity contribution in [3.05, 3.63) is 54.1 Å². The maximum Gasteiger partial charge on any atom is 0.264 e. The topological polar surface area (TPSA) is 119 Å². The zero-order valence-corrected chi connectivity index (χ0v) is 18.7. The predicted molar refractivity (Wildman–Crippen MR) is 127 cm³/mol. The summed E-state index contributed by atoms with van der Waals surface area (Å²) in [5, 5.41) is 15.4. The SMILES string of the molecule is CCOc1ccc(/C=N/Nc2nnc(SCC(=O)Nc3ccccc3SC)n2N)cc1. The number of thioether (sulfide) groups is 2. The van der Waals surface area contributed by atoms with Gasteiger partial charge in [-0.25, -0.2) is 10.1 Å². The normalized spacial score (nSPS) is 10.9. The van der Waals surface area contributed by atoms with Crippen LogP contribution in [0.5, 0.6) is 5.75 Å². The van der Waals surface area contributed by atoms with Crippen molar-refractivity contribution in [2.75, 3.05) is 35.2 Å². The lowest BCUT2D eigenvalue weighted by Gasteiger charge is -2.08. The third-order valence-electron chi connectivity index (χ3n) is 3.95. The number of hydrogen-bond acceptors (Lipinski definition) is 9. The van der Waals surface area contributed by atoms with E-state index in [1.807, 2.05) is 61.7 Å². The van der Waals surface area contributed by atoms with Crippen molar-refractivity contribution in [2.24, 2.45) is 5.10 Å². The molecule has 11 heteroatoms. The highest BCUT2D eigenvalue weighted by atomic mass is 32.2. The molecule has 0 saturated carbocycles. The first-order chi connectivity index (χ1) is 15.1. The standard InChI is InChI=1S/C20H23N7O2S2/c1-3-29-15-10-8-14(9-11-15)12-22-24-19-25-26-20(27(19)21)31-13-18(28)23-16-6-4-5-7-17(16)30-2/h4-12H,3,13,21H2,1-2H3,(H,23,28)(H,24,25)/b22-12+. The van der Waals surface area contributed by atoms with Crippen molar-refractivity contribution >= 4 is 47.3 Å². The highest BCUT2D eigenvalue weighted by molar-refractivity contribution is 7.99. The summed E-state index contributed by atoms with van der Waals surface area (Å²) in [6, 6.07) is 15.1. The number of benzene rings is 2. The van der Waals surface area contributed by atoms with E-state index < -0.39 is 0 Å². The first kappa shape index (κ1) is 22.5. The number of nitrogens with zero attached hydrogens (tertiary/aromatic N) is 4. The van der Waals surface area contributed by atoms with Crippen LogP contribution >= 0.6 is 23.5 Å². The van der Waals surface area contributed by atoms with Gasteiger partial charge in [0.05, 0.1) is 24.3 Å². The fourth-order valence-corrected chi connectivity index (χ4v) is 3.71. The minimum absolute atomic E-state index is 0.146. The molecule has 1 amide bonds. The van der Waals surface area contributed by atoms with E-state index in [0.29, 0.717) is 11.8 Å². The van der Waals surface area contributed by atoms with Crippen LogP contribution in [0.25, 0.3) is 0 Å². The van der Waals surface area contributed by atoms with E-state index in [1.165, 1.54) is 16.4 Å². The van der Waals surface area contributed by atoms with Crippen LogP contribution in [0, 0.1) is 0 Å². The third kappa shape index (κ3) is 6.40. The van der Waals surface area contributed by atoms with Crippen LogP contribution < -0.4 is 21.3 Å². The lowest BCUT2D eigenvalue weighted by Crippen LogP contribution is -2.17. The number of aromatic nitrogens is 3. The van der Waals surface area contributed by atoms with Crippen LogP contribution in [0.1, 0.15) is 12.5 Å². The number of nitrogens with one attached hydrogen (secondary N) is 2. The van der Waals surface area contributed by atoms with Gasteiger partial charge in [0.25, 0.3) is 5.95 Å². The number of hydrogen-bond donors (Lipinski definition) is 3. The molecule has 31 heavy (non-hydrogen) atoms. The number of anilines is 2. The van der Waals surface area contributed by atoms with Crippen molar-refractivity contribution in [3.63, 3.8) is 0 Å². The number of carbonyl (C=O) groups is 1. The van der Waals surface area contributed by atoms with Gasteiger partial charge in [-0.15, -0.1) is 22.0 Å². The number of rotatable bonds is 10. The maximum atomic E-state index is 12.3. The molecular weight excluding hydrogens is 434 g/mol. The van der Waals surface area contributed by atoms with Gasteiger partial charge in [-0.2, -0.15) is 5.10 Å². The summed E-state index contributed by atoms with van der Waals surface area (Å²) in [6.45, 7) is 2.56. The summed E-state index contributed by atoms with van der Waals surface area (Å²) in [5.41, 5.74) is 4.41. The van der Waals surface area contributed by atoms with Gasteiger partial charge < -0.3 is 15.9 Å². The number of para-hydroxylation sites is 1. The predicted octanol–water partition coefficient (Wildman–Crippen LogP) is 3.29. The maximum absolute atomic E-state index is 12.3. The van der Waals surface area contributed by atoms with Gasteiger partial charge in [-0.1, -0.05) is 23.9 Å². The fourth-order valence-electron chi connectivity index (χ4n) is 2.50. The van der Waals surface area contributed by atoms with Gasteiger partial charge in [0.15, 0.2) is 0 Å². The van der Waals surface area contributed by atoms with Gasteiger partial charge >= 0.3 is 0 Å². The second-order valence-corrected chi connectivity index (χ2v) is 7.88. The molecule has 0 atom stereocenters. The third-order valence-corrected chi connectivity index (χ3v) is 5.69. The zero-order valence-electron chi connectivity index (χ0n) is 17.1. The molecule has 0 bridgehead atoms. The highest BCUT2D eigenvalue weighted by Gasteiger charge is 2.13. The average Bonchev–Trinajstić information content (AvgIpc) is 3.13. The van der Waals surface area contributed by atoms with Gasteiger partial charge in [0.1, 0.15) is 5.75 Å². The van der Waals surface area contributed by atoms with Gasteiger partial charge in [-0.3, -0.25) is 4.79 Å². The largest absolute Gasteiger partial charge is 0.494 e. The molecule has 0 saturated heterocycles. The lowest BCUT2D eigenvalue weighted by molar-refractivity contribution is -0.113. The monoisotopic (exact) mass is 457 g/mol. The minimum atomic E-state index is -0.155. The number of ether oxygens (including phenoxy) is 1. The molecular formula is C20H23N7O2S2. The molecule has 0 aliphatic rings. The smallest absolute Gasteiger partial charge is 0.264 e. The molecule has 0 radical (unpaired) electrons. The fraction of sp³-hybridized carbons (Fsp3) is 0.200. The van der Waals surface area contributed by atoms with Crippen LogP contribution in [0.2, 0.25) is 0 Å². The molecule has 1 aromatic heterocycles. The highest BCUT2D eigenvalue weighted by Crippen LogP contribution is 2.25. The Balaban J connectivity index is 1.52. The first-order valence-electron chi connectivity index (χ1n) is 9.38. The number of nitrogens with two attached hydrogens (primary N) is 1.